The fourth-order valence-electron chi connectivity index (χ4n) is 3.04. The summed E-state index contributed by atoms with van der Waals surface area (Å²) in [7, 11) is 0. The predicted octanol–water partition coefficient (Wildman–Crippen LogP) is 2.81. The zero-order valence-corrected chi connectivity index (χ0v) is 12.5. The van der Waals surface area contributed by atoms with E-state index in [4.69, 9.17) is 5.73 Å². The van der Waals surface area contributed by atoms with E-state index < -0.39 is 0 Å². The number of hydrogen-bond donors (Lipinski definition) is 2. The van der Waals surface area contributed by atoms with Crippen molar-refractivity contribution in [3.63, 3.8) is 0 Å². The fourth-order valence-corrected chi connectivity index (χ4v) is 3.04. The molecule has 1 saturated carbocycles. The third-order valence-electron chi connectivity index (χ3n) is 4.63. The predicted molar refractivity (Wildman–Crippen MR) is 82.4 cm³/mol. The molecule has 0 aliphatic heterocycles. The van der Waals surface area contributed by atoms with Gasteiger partial charge in [-0.15, -0.1) is 0 Å². The standard InChI is InChI=1S/C17H26N2O/c1-12(14-7-4-3-5-8-14)13(2)19-17(20)11-15-9-6-10-16(15)18/h3-5,7-8,12-13,15-16H,6,9-11,18H2,1-2H3,(H,19,20)/t12?,13?,15-,16+/m0/s1. The number of nitrogens with two attached hydrogens (primary N) is 1. The second kappa shape index (κ2) is 6.89. The summed E-state index contributed by atoms with van der Waals surface area (Å²) in [6.45, 7) is 4.23. The van der Waals surface area contributed by atoms with E-state index in [1.165, 1.54) is 5.56 Å². The third kappa shape index (κ3) is 3.83. The van der Waals surface area contributed by atoms with E-state index in [0.717, 1.165) is 19.3 Å². The molecule has 3 N–H and O–H groups in total. The van der Waals surface area contributed by atoms with Crippen LogP contribution in [0.1, 0.15) is 51.0 Å². The van der Waals surface area contributed by atoms with Crippen LogP contribution in [0.2, 0.25) is 0 Å². The van der Waals surface area contributed by atoms with Gasteiger partial charge in [0.2, 0.25) is 5.91 Å². The first-order valence-corrected chi connectivity index (χ1v) is 7.68. The van der Waals surface area contributed by atoms with Crippen LogP contribution in [-0.4, -0.2) is 18.0 Å². The molecule has 0 aromatic heterocycles. The molecule has 3 nitrogen and oxygen atoms in total. The Bertz CT molecular complexity index is 432. The Balaban J connectivity index is 1.84. The van der Waals surface area contributed by atoms with E-state index in [0.29, 0.717) is 18.3 Å². The lowest BCUT2D eigenvalue weighted by Crippen LogP contribution is -2.38. The van der Waals surface area contributed by atoms with Gasteiger partial charge < -0.3 is 11.1 Å². The zero-order valence-electron chi connectivity index (χ0n) is 12.5. The van der Waals surface area contributed by atoms with Crippen LogP contribution in [0, 0.1) is 5.92 Å². The lowest BCUT2D eigenvalue weighted by atomic mass is 9.93. The van der Waals surface area contributed by atoms with Crippen molar-refractivity contribution in [2.24, 2.45) is 11.7 Å². The van der Waals surface area contributed by atoms with Gasteiger partial charge in [0.25, 0.3) is 0 Å². The Morgan fingerprint density at radius 2 is 2.00 bits per heavy atom. The maximum atomic E-state index is 12.1. The maximum Gasteiger partial charge on any atom is 0.220 e. The number of nitrogens with one attached hydrogen (secondary N) is 1. The molecule has 0 radical (unpaired) electrons. The molecule has 2 unspecified atom stereocenters. The second-order valence-corrected chi connectivity index (χ2v) is 6.11. The van der Waals surface area contributed by atoms with Crippen LogP contribution < -0.4 is 11.1 Å². The Morgan fingerprint density at radius 1 is 1.30 bits per heavy atom. The third-order valence-corrected chi connectivity index (χ3v) is 4.63. The number of benzene rings is 1. The molecule has 0 saturated heterocycles. The average molecular weight is 274 g/mol. The van der Waals surface area contributed by atoms with Gasteiger partial charge >= 0.3 is 0 Å². The van der Waals surface area contributed by atoms with Gasteiger partial charge in [0.1, 0.15) is 0 Å². The minimum Gasteiger partial charge on any atom is -0.353 e. The normalized spacial score (nSPS) is 25.1. The van der Waals surface area contributed by atoms with Gasteiger partial charge in [-0.3, -0.25) is 4.79 Å². The van der Waals surface area contributed by atoms with Crippen molar-refractivity contribution >= 4 is 5.91 Å². The van der Waals surface area contributed by atoms with Crippen LogP contribution in [0.15, 0.2) is 30.3 Å². The minimum atomic E-state index is 0.141. The van der Waals surface area contributed by atoms with Crippen LogP contribution >= 0.6 is 0 Å². The first kappa shape index (κ1) is 15.0. The summed E-state index contributed by atoms with van der Waals surface area (Å²) < 4.78 is 0. The summed E-state index contributed by atoms with van der Waals surface area (Å²) in [5.41, 5.74) is 7.29. The molecule has 0 heterocycles. The van der Waals surface area contributed by atoms with Crippen LogP contribution in [0.5, 0.6) is 0 Å². The number of hydrogen-bond acceptors (Lipinski definition) is 2. The molecular formula is C17H26N2O. The Hall–Kier alpha value is -1.35. The van der Waals surface area contributed by atoms with Crippen molar-refractivity contribution in [2.75, 3.05) is 0 Å². The first-order valence-electron chi connectivity index (χ1n) is 7.68. The molecule has 0 bridgehead atoms. The smallest absolute Gasteiger partial charge is 0.220 e. The molecule has 1 aliphatic rings. The topological polar surface area (TPSA) is 55.1 Å². The first-order chi connectivity index (χ1) is 9.58. The van der Waals surface area contributed by atoms with Crippen LogP contribution in [0.3, 0.4) is 0 Å². The van der Waals surface area contributed by atoms with Gasteiger partial charge in [-0.1, -0.05) is 43.7 Å². The van der Waals surface area contributed by atoms with Crippen LogP contribution in [-0.2, 0) is 4.79 Å². The molecule has 1 aromatic rings. The molecule has 2 rings (SSSR count). The highest BCUT2D eigenvalue weighted by Crippen LogP contribution is 2.27. The van der Waals surface area contributed by atoms with Crippen molar-refractivity contribution in [1.82, 2.24) is 5.32 Å². The van der Waals surface area contributed by atoms with Crippen LogP contribution in [0.25, 0.3) is 0 Å². The Kier molecular flexibility index (Phi) is 5.18. The lowest BCUT2D eigenvalue weighted by molar-refractivity contribution is -0.122. The summed E-state index contributed by atoms with van der Waals surface area (Å²) >= 11 is 0. The highest BCUT2D eigenvalue weighted by atomic mass is 16.1. The van der Waals surface area contributed by atoms with Crippen molar-refractivity contribution in [3.8, 4) is 0 Å². The molecule has 1 aromatic carbocycles. The quantitative estimate of drug-likeness (QED) is 0.867. The van der Waals surface area contributed by atoms with Gasteiger partial charge in [0, 0.05) is 24.4 Å². The van der Waals surface area contributed by atoms with E-state index >= 15 is 0 Å². The Labute approximate surface area is 121 Å². The number of carbonyl (C=O) groups is 1. The van der Waals surface area contributed by atoms with E-state index in [1.807, 2.05) is 18.2 Å². The molecular weight excluding hydrogens is 248 g/mol. The van der Waals surface area contributed by atoms with E-state index in [1.54, 1.807) is 0 Å². The van der Waals surface area contributed by atoms with E-state index in [2.05, 4.69) is 31.3 Å². The molecule has 3 heteroatoms. The van der Waals surface area contributed by atoms with Gasteiger partial charge in [-0.05, 0) is 31.2 Å². The molecule has 1 amide bonds. The second-order valence-electron chi connectivity index (χ2n) is 6.11. The van der Waals surface area contributed by atoms with Gasteiger partial charge in [0.05, 0.1) is 0 Å². The highest BCUT2D eigenvalue weighted by Gasteiger charge is 2.27. The largest absolute Gasteiger partial charge is 0.353 e. The number of rotatable bonds is 5. The van der Waals surface area contributed by atoms with Crippen molar-refractivity contribution in [2.45, 2.75) is 57.5 Å². The number of carbonyl (C=O) groups excluding carboxylic acids is 1. The minimum absolute atomic E-state index is 0.141. The molecule has 4 atom stereocenters. The highest BCUT2D eigenvalue weighted by molar-refractivity contribution is 5.76. The molecule has 0 spiro atoms. The molecule has 110 valence electrons. The Morgan fingerprint density at radius 3 is 2.60 bits per heavy atom. The summed E-state index contributed by atoms with van der Waals surface area (Å²) in [5, 5.41) is 3.13. The summed E-state index contributed by atoms with van der Waals surface area (Å²) in [5.74, 6) is 0.828. The monoisotopic (exact) mass is 274 g/mol. The summed E-state index contributed by atoms with van der Waals surface area (Å²) in [4.78, 5) is 12.1. The van der Waals surface area contributed by atoms with E-state index in [9.17, 15) is 4.79 Å². The van der Waals surface area contributed by atoms with E-state index in [-0.39, 0.29) is 18.0 Å². The van der Waals surface area contributed by atoms with Gasteiger partial charge in [-0.25, -0.2) is 0 Å². The van der Waals surface area contributed by atoms with Crippen molar-refractivity contribution in [3.05, 3.63) is 35.9 Å². The lowest BCUT2D eigenvalue weighted by Gasteiger charge is -2.23. The van der Waals surface area contributed by atoms with Crippen molar-refractivity contribution in [1.29, 1.82) is 0 Å². The van der Waals surface area contributed by atoms with Gasteiger partial charge in [-0.2, -0.15) is 0 Å². The summed E-state index contributed by atoms with van der Waals surface area (Å²) in [6, 6.07) is 10.7. The van der Waals surface area contributed by atoms with Gasteiger partial charge in [0.15, 0.2) is 0 Å². The SMILES string of the molecule is CC(NC(=O)C[C@@H]1CCC[C@H]1N)C(C)c1ccccc1. The average Bonchev–Trinajstić information content (AvgIpc) is 2.84. The molecule has 1 aliphatic carbocycles. The number of amides is 1. The van der Waals surface area contributed by atoms with Crippen LogP contribution in [0.4, 0.5) is 0 Å². The summed E-state index contributed by atoms with van der Waals surface area (Å²) in [6.07, 6.45) is 3.90. The molecule has 1 fully saturated rings. The van der Waals surface area contributed by atoms with Crippen molar-refractivity contribution < 1.29 is 4.79 Å². The fraction of sp³-hybridized carbons (Fsp3) is 0.588. The maximum absolute atomic E-state index is 12.1. The molecule has 20 heavy (non-hydrogen) atoms. The zero-order chi connectivity index (χ0) is 14.5.